The molecule has 0 aromatic heterocycles. The van der Waals surface area contributed by atoms with Gasteiger partial charge in [0.1, 0.15) is 11.4 Å². The van der Waals surface area contributed by atoms with Crippen LogP contribution in [0.3, 0.4) is 0 Å². The molecule has 0 unspecified atom stereocenters. The van der Waals surface area contributed by atoms with Gasteiger partial charge in [-0.25, -0.2) is 0 Å². The maximum atomic E-state index is 9.31. The van der Waals surface area contributed by atoms with Crippen molar-refractivity contribution in [2.24, 2.45) is 5.41 Å². The maximum absolute atomic E-state index is 9.31. The van der Waals surface area contributed by atoms with Crippen LogP contribution in [0.4, 0.5) is 0 Å². The van der Waals surface area contributed by atoms with Crippen LogP contribution in [0.1, 0.15) is 37.8 Å². The normalized spacial score (nSPS) is 21.8. The van der Waals surface area contributed by atoms with Gasteiger partial charge in [-0.05, 0) is 32.3 Å². The topological polar surface area (TPSA) is 41.5 Å². The van der Waals surface area contributed by atoms with E-state index in [-0.39, 0.29) is 11.0 Å². The molecule has 1 aromatic rings. The van der Waals surface area contributed by atoms with E-state index in [1.54, 1.807) is 0 Å². The number of ether oxygens (including phenoxy) is 1. The second-order valence-electron chi connectivity index (χ2n) is 6.71. The van der Waals surface area contributed by atoms with Gasteiger partial charge in [-0.1, -0.05) is 18.2 Å². The van der Waals surface area contributed by atoms with Gasteiger partial charge in [-0.3, -0.25) is 0 Å². The van der Waals surface area contributed by atoms with E-state index in [1.165, 1.54) is 11.1 Å². The number of fused-ring (bicyclic) bond motifs is 1. The van der Waals surface area contributed by atoms with Gasteiger partial charge in [0.15, 0.2) is 0 Å². The molecule has 2 N–H and O–H groups in total. The van der Waals surface area contributed by atoms with Crippen molar-refractivity contribution >= 4 is 0 Å². The van der Waals surface area contributed by atoms with Crippen molar-refractivity contribution in [2.45, 2.75) is 45.3 Å². The lowest BCUT2D eigenvalue weighted by atomic mass is 10.0. The molecule has 3 heteroatoms. The number of aliphatic hydroxyl groups excluding tert-OH is 1. The van der Waals surface area contributed by atoms with Crippen LogP contribution in [0.5, 0.6) is 5.75 Å². The lowest BCUT2D eigenvalue weighted by Gasteiger charge is -2.19. The second-order valence-corrected chi connectivity index (χ2v) is 6.71. The molecule has 2 aliphatic rings. The van der Waals surface area contributed by atoms with Crippen LogP contribution in [-0.4, -0.2) is 23.9 Å². The number of benzene rings is 1. The van der Waals surface area contributed by atoms with E-state index in [9.17, 15) is 5.11 Å². The molecule has 3 nitrogen and oxygen atoms in total. The Bertz CT molecular complexity index is 478. The highest BCUT2D eigenvalue weighted by atomic mass is 16.5. The molecule has 104 valence electrons. The molecule has 0 spiro atoms. The van der Waals surface area contributed by atoms with Gasteiger partial charge in [0, 0.05) is 37.1 Å². The minimum Gasteiger partial charge on any atom is -0.487 e. The van der Waals surface area contributed by atoms with Gasteiger partial charge < -0.3 is 15.2 Å². The van der Waals surface area contributed by atoms with Gasteiger partial charge in [0.25, 0.3) is 0 Å². The molecule has 0 atom stereocenters. The van der Waals surface area contributed by atoms with Crippen molar-refractivity contribution < 1.29 is 9.84 Å². The van der Waals surface area contributed by atoms with Gasteiger partial charge in [-0.15, -0.1) is 0 Å². The van der Waals surface area contributed by atoms with Gasteiger partial charge in [0.05, 0.1) is 0 Å². The SMILES string of the molecule is CC1(C)Cc2cccc(CNCC3(CO)CC3)c2O1. The van der Waals surface area contributed by atoms with Crippen LogP contribution in [0.2, 0.25) is 0 Å². The number of aliphatic hydroxyl groups is 1. The molecule has 1 fully saturated rings. The highest BCUT2D eigenvalue weighted by molar-refractivity contribution is 5.45. The van der Waals surface area contributed by atoms with Crippen molar-refractivity contribution in [1.29, 1.82) is 0 Å². The zero-order valence-corrected chi connectivity index (χ0v) is 11.8. The summed E-state index contributed by atoms with van der Waals surface area (Å²) >= 11 is 0. The van der Waals surface area contributed by atoms with Crippen LogP contribution >= 0.6 is 0 Å². The minimum absolute atomic E-state index is 0.0821. The molecule has 0 amide bonds. The average Bonchev–Trinajstić information content (AvgIpc) is 3.06. The molecule has 1 aliphatic heterocycles. The summed E-state index contributed by atoms with van der Waals surface area (Å²) in [7, 11) is 0. The van der Waals surface area contributed by atoms with E-state index in [4.69, 9.17) is 4.74 Å². The molecule has 3 rings (SSSR count). The predicted molar refractivity (Wildman–Crippen MR) is 75.3 cm³/mol. The first-order valence-electron chi connectivity index (χ1n) is 7.15. The first-order chi connectivity index (χ1) is 9.04. The minimum atomic E-state index is -0.0821. The maximum Gasteiger partial charge on any atom is 0.127 e. The van der Waals surface area contributed by atoms with Crippen LogP contribution in [0, 0.1) is 5.41 Å². The first kappa shape index (κ1) is 12.9. The molecule has 0 bridgehead atoms. The van der Waals surface area contributed by atoms with Crippen molar-refractivity contribution in [3.8, 4) is 5.75 Å². The molecule has 0 radical (unpaired) electrons. The van der Waals surface area contributed by atoms with Gasteiger partial charge in [0.2, 0.25) is 0 Å². The average molecular weight is 261 g/mol. The van der Waals surface area contributed by atoms with E-state index in [0.717, 1.165) is 38.1 Å². The number of hydrogen-bond donors (Lipinski definition) is 2. The summed E-state index contributed by atoms with van der Waals surface area (Å²) in [5.41, 5.74) is 2.63. The Morgan fingerprint density at radius 2 is 2.11 bits per heavy atom. The lowest BCUT2D eigenvalue weighted by molar-refractivity contribution is 0.137. The summed E-state index contributed by atoms with van der Waals surface area (Å²) in [6, 6.07) is 6.40. The van der Waals surface area contributed by atoms with Crippen molar-refractivity contribution in [3.05, 3.63) is 29.3 Å². The van der Waals surface area contributed by atoms with Crippen LogP contribution in [0.25, 0.3) is 0 Å². The molecule has 1 saturated carbocycles. The van der Waals surface area contributed by atoms with Gasteiger partial charge >= 0.3 is 0 Å². The highest BCUT2D eigenvalue weighted by Crippen LogP contribution is 2.44. The Kier molecular flexibility index (Phi) is 3.06. The van der Waals surface area contributed by atoms with Crippen LogP contribution < -0.4 is 10.1 Å². The smallest absolute Gasteiger partial charge is 0.127 e. The van der Waals surface area contributed by atoms with E-state index in [2.05, 4.69) is 37.4 Å². The summed E-state index contributed by atoms with van der Waals surface area (Å²) in [5, 5.41) is 12.8. The van der Waals surface area contributed by atoms with E-state index < -0.39 is 0 Å². The molecule has 1 aliphatic carbocycles. The Labute approximate surface area is 115 Å². The number of para-hydroxylation sites is 1. The monoisotopic (exact) mass is 261 g/mol. The third-order valence-corrected chi connectivity index (χ3v) is 4.28. The fourth-order valence-corrected chi connectivity index (χ4v) is 2.85. The lowest BCUT2D eigenvalue weighted by Crippen LogP contribution is -2.27. The Balaban J connectivity index is 1.65. The summed E-state index contributed by atoms with van der Waals surface area (Å²) in [4.78, 5) is 0. The molecule has 1 aromatic carbocycles. The highest BCUT2D eigenvalue weighted by Gasteiger charge is 2.41. The summed E-state index contributed by atoms with van der Waals surface area (Å²) in [6.45, 7) is 6.29. The third-order valence-electron chi connectivity index (χ3n) is 4.28. The quantitative estimate of drug-likeness (QED) is 0.854. The standard InChI is InChI=1S/C16H23NO2/c1-15(2)8-12-4-3-5-13(14(12)19-15)9-17-10-16(11-18)6-7-16/h3-5,17-18H,6-11H2,1-2H3. The Morgan fingerprint density at radius 3 is 2.79 bits per heavy atom. The molecular formula is C16H23NO2. The second kappa shape index (κ2) is 4.50. The molecule has 0 saturated heterocycles. The van der Waals surface area contributed by atoms with Crippen molar-refractivity contribution in [1.82, 2.24) is 5.32 Å². The Morgan fingerprint density at radius 1 is 1.32 bits per heavy atom. The van der Waals surface area contributed by atoms with Crippen LogP contribution in [0.15, 0.2) is 18.2 Å². The summed E-state index contributed by atoms with van der Waals surface area (Å²) in [6.07, 6.45) is 3.27. The van der Waals surface area contributed by atoms with E-state index in [0.29, 0.717) is 6.61 Å². The summed E-state index contributed by atoms with van der Waals surface area (Å²) in [5.74, 6) is 1.06. The third kappa shape index (κ3) is 2.63. The fourth-order valence-electron chi connectivity index (χ4n) is 2.85. The van der Waals surface area contributed by atoms with Crippen molar-refractivity contribution in [3.63, 3.8) is 0 Å². The number of rotatable bonds is 5. The largest absolute Gasteiger partial charge is 0.487 e. The fraction of sp³-hybridized carbons (Fsp3) is 0.625. The van der Waals surface area contributed by atoms with E-state index in [1.807, 2.05) is 0 Å². The molecule has 1 heterocycles. The zero-order valence-electron chi connectivity index (χ0n) is 11.8. The number of hydrogen-bond acceptors (Lipinski definition) is 3. The number of nitrogens with one attached hydrogen (secondary N) is 1. The van der Waals surface area contributed by atoms with Crippen molar-refractivity contribution in [2.75, 3.05) is 13.2 Å². The first-order valence-corrected chi connectivity index (χ1v) is 7.15. The van der Waals surface area contributed by atoms with E-state index >= 15 is 0 Å². The predicted octanol–water partition coefficient (Wildman–Crippen LogP) is 2.26. The molecular weight excluding hydrogens is 238 g/mol. The Hall–Kier alpha value is -1.06. The van der Waals surface area contributed by atoms with Crippen LogP contribution in [-0.2, 0) is 13.0 Å². The van der Waals surface area contributed by atoms with Gasteiger partial charge in [-0.2, -0.15) is 0 Å². The summed E-state index contributed by atoms with van der Waals surface area (Å²) < 4.78 is 6.06. The molecule has 19 heavy (non-hydrogen) atoms. The zero-order chi connectivity index (χ0) is 13.5.